The average Bonchev–Trinajstić information content (AvgIpc) is 3.12. The van der Waals surface area contributed by atoms with Crippen LogP contribution in [0.3, 0.4) is 0 Å². The molecule has 4 atom stereocenters. The van der Waals surface area contributed by atoms with Crippen LogP contribution in [0.2, 0.25) is 0 Å². The number of rotatable bonds is 4. The van der Waals surface area contributed by atoms with Crippen molar-refractivity contribution < 1.29 is 13.2 Å². The lowest BCUT2D eigenvalue weighted by atomic mass is 9.50. The van der Waals surface area contributed by atoms with Gasteiger partial charge in [0.2, 0.25) is 5.91 Å². The Hall–Kier alpha value is -0.660. The summed E-state index contributed by atoms with van der Waals surface area (Å²) < 4.78 is 30.4. The van der Waals surface area contributed by atoms with Crippen molar-refractivity contribution in [3.05, 3.63) is 0 Å². The maximum Gasteiger partial charge on any atom is 0.280 e. The van der Waals surface area contributed by atoms with Crippen LogP contribution in [-0.4, -0.2) is 54.7 Å². The predicted octanol–water partition coefficient (Wildman–Crippen LogP) is 2.22. The van der Waals surface area contributed by atoms with Crippen LogP contribution >= 0.6 is 0 Å². The number of amides is 1. The van der Waals surface area contributed by atoms with Crippen molar-refractivity contribution in [2.24, 2.45) is 28.6 Å². The van der Waals surface area contributed by atoms with E-state index in [1.54, 1.807) is 4.31 Å². The van der Waals surface area contributed by atoms with Crippen molar-refractivity contribution in [1.29, 1.82) is 0 Å². The van der Waals surface area contributed by atoms with Crippen molar-refractivity contribution >= 4 is 16.1 Å². The van der Waals surface area contributed by atoms with Crippen molar-refractivity contribution in [2.75, 3.05) is 13.1 Å². The van der Waals surface area contributed by atoms with Gasteiger partial charge in [0.15, 0.2) is 0 Å². The lowest BCUT2D eigenvalue weighted by Gasteiger charge is -2.63. The van der Waals surface area contributed by atoms with Crippen LogP contribution in [0.25, 0.3) is 0 Å². The standard InChI is InChI=1S/C20H35N3O3S/c1-12-16-9-14(20(16,5)6)11-22(12)18(24)17(19(2,3)4)21-27(25,26)23-10-13-7-15(23)8-13/h12-17,21H,7-11H2,1-6H3/t12-,13?,14?,15?,16+,17-/m1/s1. The van der Waals surface area contributed by atoms with E-state index in [0.717, 1.165) is 19.4 Å². The molecule has 0 aromatic heterocycles. The van der Waals surface area contributed by atoms with Gasteiger partial charge in [-0.1, -0.05) is 34.6 Å². The molecule has 6 nitrogen and oxygen atoms in total. The highest BCUT2D eigenvalue weighted by atomic mass is 32.2. The van der Waals surface area contributed by atoms with Gasteiger partial charge >= 0.3 is 0 Å². The third-order valence-corrected chi connectivity index (χ3v) is 9.66. The van der Waals surface area contributed by atoms with Gasteiger partial charge in [-0.05, 0) is 54.8 Å². The summed E-state index contributed by atoms with van der Waals surface area (Å²) in [5.74, 6) is 1.47. The summed E-state index contributed by atoms with van der Waals surface area (Å²) in [7, 11) is -3.64. The molecule has 4 heterocycles. The first-order valence-electron chi connectivity index (χ1n) is 10.4. The fourth-order valence-corrected chi connectivity index (χ4v) is 7.72. The van der Waals surface area contributed by atoms with Gasteiger partial charge in [-0.15, -0.1) is 0 Å². The summed E-state index contributed by atoms with van der Waals surface area (Å²) in [4.78, 5) is 15.4. The SMILES string of the molecule is C[C@@H]1[C@@H]2CC(CN1C(=O)[C@@H](NS(=O)(=O)N1CC3CC1C3)C(C)(C)C)C2(C)C. The third-order valence-electron chi connectivity index (χ3n) is 8.07. The number of hydrogen-bond acceptors (Lipinski definition) is 3. The quantitative estimate of drug-likeness (QED) is 0.791. The largest absolute Gasteiger partial charge is 0.338 e. The zero-order chi connectivity index (χ0) is 19.9. The van der Waals surface area contributed by atoms with Gasteiger partial charge in [0.05, 0.1) is 0 Å². The molecule has 0 aromatic rings. The highest BCUT2D eigenvalue weighted by Gasteiger charge is 2.58. The average molecular weight is 398 g/mol. The Morgan fingerprint density at radius 1 is 1.15 bits per heavy atom. The van der Waals surface area contributed by atoms with Crippen LogP contribution in [0.5, 0.6) is 0 Å². The fraction of sp³-hybridized carbons (Fsp3) is 0.950. The number of nitrogens with one attached hydrogen (secondary N) is 1. The zero-order valence-corrected chi connectivity index (χ0v) is 18.3. The van der Waals surface area contributed by atoms with E-state index in [2.05, 4.69) is 25.5 Å². The maximum atomic E-state index is 13.5. The molecule has 27 heavy (non-hydrogen) atoms. The highest BCUT2D eigenvalue weighted by Crippen LogP contribution is 2.57. The summed E-state index contributed by atoms with van der Waals surface area (Å²) in [6, 6.07) is -0.444. The molecule has 1 N–H and O–H groups in total. The molecule has 0 spiro atoms. The monoisotopic (exact) mass is 397 g/mol. The van der Waals surface area contributed by atoms with E-state index in [9.17, 15) is 13.2 Å². The Morgan fingerprint density at radius 3 is 2.22 bits per heavy atom. The Morgan fingerprint density at radius 2 is 1.78 bits per heavy atom. The molecular formula is C20H35N3O3S. The molecule has 0 aromatic carbocycles. The Bertz CT molecular complexity index is 736. The lowest BCUT2D eigenvalue weighted by molar-refractivity contribution is -0.169. The fourth-order valence-electron chi connectivity index (χ4n) is 5.86. The molecule has 4 aliphatic heterocycles. The summed E-state index contributed by atoms with van der Waals surface area (Å²) in [6.45, 7) is 13.9. The molecule has 6 fully saturated rings. The highest BCUT2D eigenvalue weighted by molar-refractivity contribution is 7.87. The van der Waals surface area contributed by atoms with Crippen molar-refractivity contribution in [2.45, 2.75) is 78.9 Å². The van der Waals surface area contributed by atoms with E-state index < -0.39 is 21.7 Å². The molecule has 4 saturated heterocycles. The van der Waals surface area contributed by atoms with E-state index in [1.807, 2.05) is 25.7 Å². The van der Waals surface area contributed by atoms with Crippen LogP contribution in [0.1, 0.15) is 60.8 Å². The molecule has 1 amide bonds. The second kappa shape index (κ2) is 5.92. The Kier molecular flexibility index (Phi) is 4.31. The van der Waals surface area contributed by atoms with Crippen LogP contribution in [-0.2, 0) is 15.0 Å². The molecule has 1 unspecified atom stereocenters. The van der Waals surface area contributed by atoms with Crippen LogP contribution in [0.15, 0.2) is 0 Å². The van der Waals surface area contributed by atoms with Gasteiger partial charge in [0, 0.05) is 25.2 Å². The Labute approximate surface area is 164 Å². The molecule has 6 aliphatic rings. The van der Waals surface area contributed by atoms with Crippen LogP contribution in [0, 0.1) is 28.6 Å². The predicted molar refractivity (Wildman–Crippen MR) is 105 cm³/mol. The van der Waals surface area contributed by atoms with Gasteiger partial charge < -0.3 is 4.90 Å². The van der Waals surface area contributed by atoms with E-state index in [-0.39, 0.29) is 23.4 Å². The van der Waals surface area contributed by atoms with Crippen LogP contribution in [0.4, 0.5) is 0 Å². The number of nitrogens with zero attached hydrogens (tertiary/aromatic N) is 2. The Balaban J connectivity index is 1.53. The smallest absolute Gasteiger partial charge is 0.280 e. The molecule has 4 bridgehead atoms. The first kappa shape index (κ1) is 19.6. The number of carbonyl (C=O) groups excluding carboxylic acids is 1. The lowest BCUT2D eigenvalue weighted by Crippen LogP contribution is -2.68. The minimum absolute atomic E-state index is 0.0599. The topological polar surface area (TPSA) is 69.7 Å². The molecule has 7 heteroatoms. The first-order chi connectivity index (χ1) is 12.3. The number of hydrogen-bond donors (Lipinski definition) is 1. The van der Waals surface area contributed by atoms with Gasteiger partial charge in [0.1, 0.15) is 6.04 Å². The van der Waals surface area contributed by atoms with Gasteiger partial charge in [0.25, 0.3) is 10.2 Å². The van der Waals surface area contributed by atoms with E-state index in [4.69, 9.17) is 0 Å². The van der Waals surface area contributed by atoms with Gasteiger partial charge in [-0.2, -0.15) is 17.4 Å². The van der Waals surface area contributed by atoms with Gasteiger partial charge in [-0.25, -0.2) is 0 Å². The van der Waals surface area contributed by atoms with Crippen molar-refractivity contribution in [1.82, 2.24) is 13.9 Å². The van der Waals surface area contributed by atoms with E-state index >= 15 is 0 Å². The first-order valence-corrected chi connectivity index (χ1v) is 11.9. The normalized spacial score (nSPS) is 38.9. The van der Waals surface area contributed by atoms with Crippen molar-refractivity contribution in [3.63, 3.8) is 0 Å². The number of piperidine rings is 2. The molecule has 154 valence electrons. The summed E-state index contributed by atoms with van der Waals surface area (Å²) >= 11 is 0. The minimum Gasteiger partial charge on any atom is -0.338 e. The maximum absolute atomic E-state index is 13.5. The van der Waals surface area contributed by atoms with Crippen LogP contribution < -0.4 is 4.72 Å². The van der Waals surface area contributed by atoms with Crippen molar-refractivity contribution in [3.8, 4) is 0 Å². The second-order valence-corrected chi connectivity index (χ2v) is 12.7. The number of carbonyl (C=O) groups is 1. The third kappa shape index (κ3) is 2.96. The second-order valence-electron chi connectivity index (χ2n) is 11.1. The number of fused-ring (bicyclic) bond motifs is 3. The molecular weight excluding hydrogens is 362 g/mol. The molecule has 6 rings (SSSR count). The zero-order valence-electron chi connectivity index (χ0n) is 17.5. The van der Waals surface area contributed by atoms with Gasteiger partial charge in [-0.3, -0.25) is 4.79 Å². The summed E-state index contributed by atoms with van der Waals surface area (Å²) in [5.41, 5.74) is -0.201. The molecule has 0 radical (unpaired) electrons. The van der Waals surface area contributed by atoms with E-state index in [0.29, 0.717) is 24.3 Å². The minimum atomic E-state index is -3.64. The molecule has 2 aliphatic carbocycles. The summed E-state index contributed by atoms with van der Waals surface area (Å²) in [6.07, 6.45) is 3.12. The molecule has 2 saturated carbocycles. The van der Waals surface area contributed by atoms with E-state index in [1.165, 1.54) is 6.42 Å². The summed E-state index contributed by atoms with van der Waals surface area (Å²) in [5, 5.41) is 0.